The maximum atomic E-state index is 3.62. The first-order valence-electron chi connectivity index (χ1n) is 2.67. The van der Waals surface area contributed by atoms with E-state index in [0.29, 0.717) is 0 Å². The molecule has 0 saturated carbocycles. The van der Waals surface area contributed by atoms with Crippen LogP contribution in [0.2, 0.25) is 0 Å². The van der Waals surface area contributed by atoms with Crippen molar-refractivity contribution in [3.8, 4) is 0 Å². The smallest absolute Gasteiger partial charge is 1.00 e. The van der Waals surface area contributed by atoms with Crippen molar-refractivity contribution in [3.05, 3.63) is 18.6 Å². The third-order valence-corrected chi connectivity index (χ3v) is 0.848. The van der Waals surface area contributed by atoms with Gasteiger partial charge >= 0.3 is 23.1 Å². The van der Waals surface area contributed by atoms with E-state index in [2.05, 4.69) is 20.4 Å². The van der Waals surface area contributed by atoms with Crippen LogP contribution < -0.4 is 17.0 Å². The van der Waals surface area contributed by atoms with Gasteiger partial charge in [-0.2, -0.15) is 20.3 Å². The van der Waals surface area contributed by atoms with Crippen molar-refractivity contribution in [2.45, 2.75) is 26.7 Å². The van der Waals surface area contributed by atoms with Gasteiger partial charge in [0.25, 0.3) is 0 Å². The summed E-state index contributed by atoms with van der Waals surface area (Å²) in [7, 11) is 0. The molecular weight excluding hydrogens is 188 g/mol. The van der Waals surface area contributed by atoms with Crippen LogP contribution in [0.15, 0.2) is 12.7 Å². The second kappa shape index (κ2) is 11.7. The van der Waals surface area contributed by atoms with Gasteiger partial charge in [0.15, 0.2) is 0 Å². The Hall–Kier alpha value is 0.986. The molecule has 0 radical (unpaired) electrons. The Labute approximate surface area is 85.0 Å². The molecule has 0 bridgehead atoms. The average molecular weight is 201 g/mol. The minimum atomic E-state index is 0. The predicted molar refractivity (Wildman–Crippen MR) is 39.8 cm³/mol. The third-order valence-electron chi connectivity index (χ3n) is 0.848. The zero-order chi connectivity index (χ0) is 5.70. The molecule has 0 rings (SSSR count). The molecule has 9 heavy (non-hydrogen) atoms. The van der Waals surface area contributed by atoms with Crippen LogP contribution in [0.4, 0.5) is 0 Å². The third kappa shape index (κ3) is 17.6. The van der Waals surface area contributed by atoms with Gasteiger partial charge in [0, 0.05) is 0 Å². The molecule has 0 N–H and O–H groups in total. The van der Waals surface area contributed by atoms with Crippen molar-refractivity contribution in [2.24, 2.45) is 0 Å². The summed E-state index contributed by atoms with van der Waals surface area (Å²) in [6, 6.07) is 0. The minimum Gasteiger partial charge on any atom is -1.00 e. The molecule has 0 amide bonds. The first-order chi connectivity index (χ1) is 3.27. The van der Waals surface area contributed by atoms with Gasteiger partial charge in [-0.25, -0.2) is 0 Å². The summed E-state index contributed by atoms with van der Waals surface area (Å²) >= 11 is 0. The molecule has 0 aliphatic carbocycles. The molecule has 50 valence electrons. The quantitative estimate of drug-likeness (QED) is 0.318. The van der Waals surface area contributed by atoms with Crippen molar-refractivity contribution >= 4 is 23.1 Å². The Balaban J connectivity index is -0.000000180. The van der Waals surface area contributed by atoms with Crippen LogP contribution >= 0.6 is 0 Å². The molecule has 0 atom stereocenters. The molecule has 0 saturated heterocycles. The van der Waals surface area contributed by atoms with E-state index >= 15 is 0 Å². The fourth-order valence-electron chi connectivity index (χ4n) is 0.391. The molecular formula is C7H13BrMg. The Morgan fingerprint density at radius 3 is 2.00 bits per heavy atom. The van der Waals surface area contributed by atoms with E-state index in [1.165, 1.54) is 12.3 Å². The van der Waals surface area contributed by atoms with Crippen LogP contribution in [0.5, 0.6) is 0 Å². The first kappa shape index (κ1) is 16.5. The van der Waals surface area contributed by atoms with Gasteiger partial charge in [0.05, 0.1) is 0 Å². The van der Waals surface area contributed by atoms with E-state index in [0.717, 1.165) is 6.42 Å². The molecule has 0 aliphatic rings. The van der Waals surface area contributed by atoms with Crippen molar-refractivity contribution in [2.75, 3.05) is 0 Å². The second-order valence-electron chi connectivity index (χ2n) is 2.03. The molecule has 0 aromatic carbocycles. The summed E-state index contributed by atoms with van der Waals surface area (Å²) in [4.78, 5) is 0. The number of rotatable bonds is 3. The summed E-state index contributed by atoms with van der Waals surface area (Å²) in [6.07, 6.45) is 4.28. The monoisotopic (exact) mass is 200 g/mol. The van der Waals surface area contributed by atoms with Gasteiger partial charge in [-0.15, -0.1) is 6.58 Å². The summed E-state index contributed by atoms with van der Waals surface area (Å²) in [5.41, 5.74) is 0. The summed E-state index contributed by atoms with van der Waals surface area (Å²) in [6.45, 7) is 7.90. The first-order valence-corrected chi connectivity index (χ1v) is 2.67. The van der Waals surface area contributed by atoms with Gasteiger partial charge in [-0.05, 0) is 0 Å². The summed E-state index contributed by atoms with van der Waals surface area (Å²) in [5, 5.41) is 0. The van der Waals surface area contributed by atoms with E-state index in [-0.39, 0.29) is 40.0 Å². The molecule has 0 fully saturated rings. The minimum absolute atomic E-state index is 0. The van der Waals surface area contributed by atoms with Gasteiger partial charge in [0.1, 0.15) is 0 Å². The van der Waals surface area contributed by atoms with Crippen LogP contribution in [0.25, 0.3) is 0 Å². The van der Waals surface area contributed by atoms with Crippen molar-refractivity contribution in [1.82, 2.24) is 0 Å². The molecule has 0 heterocycles. The zero-order valence-electron chi connectivity index (χ0n) is 6.28. The van der Waals surface area contributed by atoms with Gasteiger partial charge in [-0.1, -0.05) is 12.5 Å². The SMILES string of the molecule is C=CCC[C-](C)C.[Br-].[Mg+2]. The van der Waals surface area contributed by atoms with Crippen molar-refractivity contribution in [3.63, 3.8) is 0 Å². The van der Waals surface area contributed by atoms with E-state index in [1.807, 2.05) is 6.08 Å². The van der Waals surface area contributed by atoms with Crippen LogP contribution in [-0.4, -0.2) is 23.1 Å². The maximum Gasteiger partial charge on any atom is 2.00 e. The number of halogens is 1. The topological polar surface area (TPSA) is 0 Å². The van der Waals surface area contributed by atoms with Crippen LogP contribution in [-0.2, 0) is 0 Å². The molecule has 0 aromatic rings. The van der Waals surface area contributed by atoms with Crippen molar-refractivity contribution < 1.29 is 17.0 Å². The van der Waals surface area contributed by atoms with Gasteiger partial charge < -0.3 is 22.9 Å². The predicted octanol–water partition coefficient (Wildman–Crippen LogP) is -0.810. The van der Waals surface area contributed by atoms with Crippen LogP contribution in [0.1, 0.15) is 26.7 Å². The Morgan fingerprint density at radius 1 is 1.44 bits per heavy atom. The van der Waals surface area contributed by atoms with Crippen LogP contribution in [0, 0.1) is 5.92 Å². The molecule has 0 aromatic heterocycles. The fraction of sp³-hybridized carbons (Fsp3) is 0.571. The molecule has 2 heteroatoms. The Kier molecular flexibility index (Phi) is 21.6. The maximum absolute atomic E-state index is 3.62. The zero-order valence-corrected chi connectivity index (χ0v) is 9.28. The van der Waals surface area contributed by atoms with E-state index in [4.69, 9.17) is 0 Å². The molecule has 0 aliphatic heterocycles. The molecule has 0 spiro atoms. The molecule has 0 unspecified atom stereocenters. The fourth-order valence-corrected chi connectivity index (χ4v) is 0.391. The van der Waals surface area contributed by atoms with E-state index in [9.17, 15) is 0 Å². The van der Waals surface area contributed by atoms with Gasteiger partial charge in [-0.3, -0.25) is 0 Å². The van der Waals surface area contributed by atoms with Gasteiger partial charge in [0.2, 0.25) is 0 Å². The Bertz CT molecular complexity index is 52.9. The van der Waals surface area contributed by atoms with Crippen LogP contribution in [0.3, 0.4) is 0 Å². The van der Waals surface area contributed by atoms with Crippen molar-refractivity contribution in [1.29, 1.82) is 0 Å². The van der Waals surface area contributed by atoms with E-state index < -0.39 is 0 Å². The summed E-state index contributed by atoms with van der Waals surface area (Å²) in [5.74, 6) is 1.49. The molecule has 0 nitrogen and oxygen atoms in total. The average Bonchev–Trinajstić information content (AvgIpc) is 1.61. The number of allylic oxidation sites excluding steroid dienone is 1. The number of hydrogen-bond acceptors (Lipinski definition) is 0. The normalized spacial score (nSPS) is 7.44. The second-order valence-corrected chi connectivity index (χ2v) is 2.03. The largest absolute Gasteiger partial charge is 2.00 e. The Morgan fingerprint density at radius 2 is 1.89 bits per heavy atom. The standard InChI is InChI=1S/C7H13.BrH.Mg/c1-4-5-6-7(2)3;;/h4H,1,5-6H2,2-3H3;1H;/q-1;;+2/p-1. The summed E-state index contributed by atoms with van der Waals surface area (Å²) < 4.78 is 0. The number of hydrogen-bond donors (Lipinski definition) is 0. The van der Waals surface area contributed by atoms with E-state index in [1.54, 1.807) is 0 Å².